The first-order chi connectivity index (χ1) is 18.3. The molecule has 9 heteroatoms. The monoisotopic (exact) mass is 546 g/mol. The summed E-state index contributed by atoms with van der Waals surface area (Å²) < 4.78 is 29.5. The second-order valence-corrected chi connectivity index (χ2v) is 12.8. The zero-order valence-electron chi connectivity index (χ0n) is 21.6. The third kappa shape index (κ3) is 4.33. The van der Waals surface area contributed by atoms with Gasteiger partial charge in [-0.1, -0.05) is 35.6 Å². The average molecular weight is 547 g/mol. The average Bonchev–Trinajstić information content (AvgIpc) is 3.40. The topological polar surface area (TPSA) is 73.8 Å². The number of thiazole rings is 1. The molecule has 4 aromatic rings. The van der Waals surface area contributed by atoms with E-state index in [1.807, 2.05) is 29.2 Å². The molecule has 3 aromatic carbocycles. The fourth-order valence-electron chi connectivity index (χ4n) is 5.28. The van der Waals surface area contributed by atoms with Crippen molar-refractivity contribution in [3.05, 3.63) is 82.9 Å². The maximum atomic E-state index is 13.4. The first kappa shape index (κ1) is 24.9. The normalized spacial score (nSPS) is 16.1. The summed E-state index contributed by atoms with van der Waals surface area (Å²) in [5, 5.41) is 0.995. The Kier molecular flexibility index (Phi) is 6.36. The second-order valence-electron chi connectivity index (χ2n) is 9.96. The molecular weight excluding hydrogens is 516 g/mol. The van der Waals surface area contributed by atoms with Gasteiger partial charge < -0.3 is 9.80 Å². The number of carbonyl (C=O) groups is 1. The number of benzene rings is 3. The van der Waals surface area contributed by atoms with Gasteiger partial charge in [-0.05, 0) is 79.8 Å². The van der Waals surface area contributed by atoms with E-state index in [1.165, 1.54) is 20.1 Å². The van der Waals surface area contributed by atoms with Crippen LogP contribution in [0.3, 0.4) is 0 Å². The minimum absolute atomic E-state index is 0.0762. The quantitative estimate of drug-likeness (QED) is 0.360. The molecule has 0 atom stereocenters. The summed E-state index contributed by atoms with van der Waals surface area (Å²) in [5.74, 6) is -0.0762. The minimum Gasteiger partial charge on any atom is -0.345 e. The molecular formula is C29H30N4O3S2. The van der Waals surface area contributed by atoms with E-state index in [2.05, 4.69) is 30.9 Å². The Labute approximate surface area is 227 Å². The molecule has 1 amide bonds. The Morgan fingerprint density at radius 1 is 0.895 bits per heavy atom. The number of anilines is 2. The molecule has 3 heterocycles. The lowest BCUT2D eigenvalue weighted by atomic mass is 10.0. The van der Waals surface area contributed by atoms with Gasteiger partial charge in [-0.25, -0.2) is 13.4 Å². The standard InChI is InChI=1S/C29H30N4O3S2/c1-20-9-14-26-27(21(20)2)30-29(37-26)32-18-16-31(17-19-32)28(34)23-10-12-24(13-11-23)38(35,36)33-15-5-7-22-6-3-4-8-25(22)33/h3-4,6,8-14H,5,7,15-19H2,1-2H3. The van der Waals surface area contributed by atoms with Crippen molar-refractivity contribution in [2.45, 2.75) is 31.6 Å². The lowest BCUT2D eigenvalue weighted by molar-refractivity contribution is 0.0746. The number of nitrogens with zero attached hydrogens (tertiary/aromatic N) is 4. The summed E-state index contributed by atoms with van der Waals surface area (Å²) in [4.78, 5) is 22.4. The van der Waals surface area contributed by atoms with Crippen molar-refractivity contribution in [1.82, 2.24) is 9.88 Å². The highest BCUT2D eigenvalue weighted by atomic mass is 32.2. The predicted molar refractivity (Wildman–Crippen MR) is 153 cm³/mol. The summed E-state index contributed by atoms with van der Waals surface area (Å²) in [6.45, 7) is 7.29. The van der Waals surface area contributed by atoms with E-state index in [-0.39, 0.29) is 10.8 Å². The maximum Gasteiger partial charge on any atom is 0.264 e. The van der Waals surface area contributed by atoms with Crippen LogP contribution in [0, 0.1) is 13.8 Å². The molecule has 6 rings (SSSR count). The van der Waals surface area contributed by atoms with E-state index in [9.17, 15) is 13.2 Å². The number of carbonyl (C=O) groups excluding carboxylic acids is 1. The number of rotatable bonds is 4. The second kappa shape index (κ2) is 9.71. The number of hydrogen-bond acceptors (Lipinski definition) is 6. The highest BCUT2D eigenvalue weighted by molar-refractivity contribution is 7.92. The van der Waals surface area contributed by atoms with Crippen LogP contribution < -0.4 is 9.21 Å². The molecule has 7 nitrogen and oxygen atoms in total. The predicted octanol–water partition coefficient (Wildman–Crippen LogP) is 5.02. The van der Waals surface area contributed by atoms with E-state index >= 15 is 0 Å². The Balaban J connectivity index is 1.14. The lowest BCUT2D eigenvalue weighted by Crippen LogP contribution is -2.48. The van der Waals surface area contributed by atoms with Gasteiger partial charge in [0, 0.05) is 38.3 Å². The number of piperazine rings is 1. The number of sulfonamides is 1. The maximum absolute atomic E-state index is 13.4. The first-order valence-electron chi connectivity index (χ1n) is 12.9. The van der Waals surface area contributed by atoms with Gasteiger partial charge in [-0.3, -0.25) is 9.10 Å². The number of fused-ring (bicyclic) bond motifs is 2. The lowest BCUT2D eigenvalue weighted by Gasteiger charge is -2.34. The van der Waals surface area contributed by atoms with Gasteiger partial charge in [-0.2, -0.15) is 0 Å². The van der Waals surface area contributed by atoms with Crippen LogP contribution in [0.2, 0.25) is 0 Å². The van der Waals surface area contributed by atoms with E-state index in [1.54, 1.807) is 35.6 Å². The zero-order valence-corrected chi connectivity index (χ0v) is 23.2. The van der Waals surface area contributed by atoms with Crippen LogP contribution in [0.5, 0.6) is 0 Å². The molecule has 1 fully saturated rings. The van der Waals surface area contributed by atoms with Gasteiger partial charge >= 0.3 is 0 Å². The van der Waals surface area contributed by atoms with Crippen LogP contribution in [0.25, 0.3) is 10.2 Å². The van der Waals surface area contributed by atoms with Crippen molar-refractivity contribution in [3.63, 3.8) is 0 Å². The summed E-state index contributed by atoms with van der Waals surface area (Å²) >= 11 is 1.69. The number of hydrogen-bond donors (Lipinski definition) is 0. The number of amides is 1. The van der Waals surface area contributed by atoms with Gasteiger partial charge in [0.05, 0.1) is 20.8 Å². The van der Waals surface area contributed by atoms with E-state index in [0.29, 0.717) is 38.3 Å². The molecule has 0 unspecified atom stereocenters. The van der Waals surface area contributed by atoms with Gasteiger partial charge in [-0.15, -0.1) is 0 Å². The zero-order chi connectivity index (χ0) is 26.4. The number of para-hydroxylation sites is 1. The van der Waals surface area contributed by atoms with Gasteiger partial charge in [0.1, 0.15) is 0 Å². The molecule has 0 aliphatic carbocycles. The summed E-state index contributed by atoms with van der Waals surface area (Å²) in [6.07, 6.45) is 1.66. The van der Waals surface area contributed by atoms with Crippen molar-refractivity contribution in [1.29, 1.82) is 0 Å². The highest BCUT2D eigenvalue weighted by Crippen LogP contribution is 2.33. The molecule has 1 aromatic heterocycles. The first-order valence-corrected chi connectivity index (χ1v) is 15.2. The van der Waals surface area contributed by atoms with Crippen LogP contribution >= 0.6 is 11.3 Å². The summed E-state index contributed by atoms with van der Waals surface area (Å²) in [5.41, 5.74) is 5.81. The number of aromatic nitrogens is 1. The van der Waals surface area contributed by atoms with Crippen LogP contribution in [0.4, 0.5) is 10.8 Å². The Hall–Kier alpha value is -3.43. The highest BCUT2D eigenvalue weighted by Gasteiger charge is 2.30. The fraction of sp³-hybridized carbons (Fsp3) is 0.310. The van der Waals surface area contributed by atoms with Crippen molar-refractivity contribution in [2.24, 2.45) is 0 Å². The van der Waals surface area contributed by atoms with Crippen molar-refractivity contribution in [3.8, 4) is 0 Å². The smallest absolute Gasteiger partial charge is 0.264 e. The fourth-order valence-corrected chi connectivity index (χ4v) is 7.90. The molecule has 196 valence electrons. The molecule has 0 bridgehead atoms. The van der Waals surface area contributed by atoms with Crippen LogP contribution in [0.15, 0.2) is 65.6 Å². The van der Waals surface area contributed by atoms with Crippen LogP contribution in [-0.2, 0) is 16.4 Å². The van der Waals surface area contributed by atoms with E-state index in [0.717, 1.165) is 34.7 Å². The number of aryl methyl sites for hydroxylation is 3. The van der Waals surface area contributed by atoms with Gasteiger partial charge in [0.15, 0.2) is 5.13 Å². The third-order valence-corrected chi connectivity index (χ3v) is 10.6. The third-order valence-electron chi connectivity index (χ3n) is 7.67. The molecule has 0 N–H and O–H groups in total. The van der Waals surface area contributed by atoms with Crippen LogP contribution in [0.1, 0.15) is 33.5 Å². The largest absolute Gasteiger partial charge is 0.345 e. The molecule has 0 spiro atoms. The van der Waals surface area contributed by atoms with Crippen LogP contribution in [-0.4, -0.2) is 56.9 Å². The molecule has 2 aliphatic rings. The molecule has 0 saturated carbocycles. The van der Waals surface area contributed by atoms with Gasteiger partial charge in [0.2, 0.25) is 0 Å². The summed E-state index contributed by atoms with van der Waals surface area (Å²) in [7, 11) is -3.70. The van der Waals surface area contributed by atoms with Crippen molar-refractivity contribution < 1.29 is 13.2 Å². The SMILES string of the molecule is Cc1ccc2sc(N3CCN(C(=O)c4ccc(S(=O)(=O)N5CCCc6ccccc65)cc4)CC3)nc2c1C. The molecule has 2 aliphatic heterocycles. The Bertz CT molecular complexity index is 1620. The molecule has 38 heavy (non-hydrogen) atoms. The van der Waals surface area contributed by atoms with Gasteiger partial charge in [0.25, 0.3) is 15.9 Å². The van der Waals surface area contributed by atoms with Crippen molar-refractivity contribution >= 4 is 48.3 Å². The van der Waals surface area contributed by atoms with E-state index in [4.69, 9.17) is 4.98 Å². The summed E-state index contributed by atoms with van der Waals surface area (Å²) in [6, 6.07) is 18.3. The molecule has 0 radical (unpaired) electrons. The Morgan fingerprint density at radius 3 is 2.39 bits per heavy atom. The molecule has 1 saturated heterocycles. The van der Waals surface area contributed by atoms with Crippen molar-refractivity contribution in [2.75, 3.05) is 41.9 Å². The minimum atomic E-state index is -3.70. The van der Waals surface area contributed by atoms with E-state index < -0.39 is 10.0 Å². The Morgan fingerprint density at radius 2 is 1.63 bits per heavy atom.